The van der Waals surface area contributed by atoms with Crippen LogP contribution in [0.4, 0.5) is 5.69 Å². The number of amides is 1. The van der Waals surface area contributed by atoms with Crippen molar-refractivity contribution in [3.05, 3.63) is 81.1 Å². The van der Waals surface area contributed by atoms with E-state index in [2.05, 4.69) is 26.6 Å². The van der Waals surface area contributed by atoms with Gasteiger partial charge in [0.2, 0.25) is 0 Å². The number of halogens is 1. The summed E-state index contributed by atoms with van der Waals surface area (Å²) in [6.07, 6.45) is 2.16. The Morgan fingerprint density at radius 3 is 2.63 bits per heavy atom. The Labute approximate surface area is 184 Å². The van der Waals surface area contributed by atoms with E-state index in [1.807, 2.05) is 31.2 Å². The lowest BCUT2D eigenvalue weighted by Gasteiger charge is -2.34. The molecular formula is C24H23BrN2O3. The number of carbonyl (C=O) groups is 2. The molecular weight excluding hydrogens is 444 g/mol. The Hall–Kier alpha value is -2.86. The largest absolute Gasteiger partial charge is 0.497 e. The summed E-state index contributed by atoms with van der Waals surface area (Å²) in [4.78, 5) is 26.3. The van der Waals surface area contributed by atoms with Crippen molar-refractivity contribution in [1.29, 1.82) is 0 Å². The van der Waals surface area contributed by atoms with Gasteiger partial charge in [-0.2, -0.15) is 0 Å². The van der Waals surface area contributed by atoms with E-state index in [0.29, 0.717) is 23.3 Å². The molecule has 2 N–H and O–H groups in total. The standard InChI is InChI=1S/C24H23BrN2O3/c1-14-21(24(29)27-17-9-11-18(30-2)12-10-17)22(15-5-3-6-16(25)13-15)23-19(26-14)7-4-8-20(23)28/h3,5-6,9-13,22,26H,4,7-8H2,1-2H3,(H,27,29)/t22-/m1/s1. The van der Waals surface area contributed by atoms with Crippen LogP contribution in [0, 0.1) is 0 Å². The van der Waals surface area contributed by atoms with Crippen molar-refractivity contribution < 1.29 is 14.3 Å². The van der Waals surface area contributed by atoms with Gasteiger partial charge in [-0.1, -0.05) is 28.1 Å². The molecule has 1 atom stereocenters. The third-order valence-electron chi connectivity index (χ3n) is 5.55. The molecule has 2 aliphatic rings. The molecule has 0 spiro atoms. The molecule has 0 fully saturated rings. The van der Waals surface area contributed by atoms with Gasteiger partial charge < -0.3 is 15.4 Å². The van der Waals surface area contributed by atoms with Crippen LogP contribution in [-0.2, 0) is 9.59 Å². The fraction of sp³-hybridized carbons (Fsp3) is 0.250. The van der Waals surface area contributed by atoms with E-state index >= 15 is 0 Å². The van der Waals surface area contributed by atoms with Crippen molar-refractivity contribution in [2.45, 2.75) is 32.1 Å². The number of ether oxygens (including phenoxy) is 1. The van der Waals surface area contributed by atoms with Crippen LogP contribution in [-0.4, -0.2) is 18.8 Å². The van der Waals surface area contributed by atoms with Crippen LogP contribution in [0.15, 0.2) is 75.5 Å². The average molecular weight is 467 g/mol. The van der Waals surface area contributed by atoms with Crippen molar-refractivity contribution in [2.24, 2.45) is 0 Å². The van der Waals surface area contributed by atoms with E-state index in [0.717, 1.165) is 40.0 Å². The van der Waals surface area contributed by atoms with Gasteiger partial charge in [-0.25, -0.2) is 0 Å². The van der Waals surface area contributed by atoms with E-state index in [1.54, 1.807) is 31.4 Å². The molecule has 0 unspecified atom stereocenters. The zero-order chi connectivity index (χ0) is 21.3. The third kappa shape index (κ3) is 3.92. The molecule has 0 aromatic heterocycles. The van der Waals surface area contributed by atoms with Gasteiger partial charge in [0.15, 0.2) is 5.78 Å². The number of allylic oxidation sites excluding steroid dienone is 3. The normalized spacial score (nSPS) is 18.6. The van der Waals surface area contributed by atoms with Crippen LogP contribution in [0.1, 0.15) is 37.7 Å². The number of hydrogen-bond donors (Lipinski definition) is 2. The highest BCUT2D eigenvalue weighted by molar-refractivity contribution is 9.10. The molecule has 6 heteroatoms. The van der Waals surface area contributed by atoms with Gasteiger partial charge in [0.25, 0.3) is 5.91 Å². The smallest absolute Gasteiger partial charge is 0.254 e. The first-order chi connectivity index (χ1) is 14.5. The van der Waals surface area contributed by atoms with Gasteiger partial charge >= 0.3 is 0 Å². The molecule has 154 valence electrons. The van der Waals surface area contributed by atoms with Crippen LogP contribution in [0.2, 0.25) is 0 Å². The van der Waals surface area contributed by atoms with Crippen molar-refractivity contribution in [3.63, 3.8) is 0 Å². The molecule has 0 saturated carbocycles. The van der Waals surface area contributed by atoms with Gasteiger partial charge in [0.05, 0.1) is 7.11 Å². The fourth-order valence-electron chi connectivity index (χ4n) is 4.18. The first-order valence-corrected chi connectivity index (χ1v) is 10.7. The number of dihydropyridines is 1. The lowest BCUT2D eigenvalue weighted by molar-refractivity contribution is -0.116. The number of anilines is 1. The molecule has 1 aliphatic heterocycles. The molecule has 0 saturated heterocycles. The minimum atomic E-state index is -0.398. The van der Waals surface area contributed by atoms with Crippen molar-refractivity contribution in [1.82, 2.24) is 5.32 Å². The molecule has 1 heterocycles. The first kappa shape index (κ1) is 20.4. The molecule has 1 aliphatic carbocycles. The van der Waals surface area contributed by atoms with E-state index in [-0.39, 0.29) is 11.7 Å². The maximum Gasteiger partial charge on any atom is 0.254 e. The predicted molar refractivity (Wildman–Crippen MR) is 120 cm³/mol. The second-order valence-electron chi connectivity index (χ2n) is 7.50. The van der Waals surface area contributed by atoms with Gasteiger partial charge in [-0.15, -0.1) is 0 Å². The zero-order valence-corrected chi connectivity index (χ0v) is 18.5. The summed E-state index contributed by atoms with van der Waals surface area (Å²) in [7, 11) is 1.60. The maximum absolute atomic E-state index is 13.4. The maximum atomic E-state index is 13.4. The predicted octanol–water partition coefficient (Wildman–Crippen LogP) is 5.06. The topological polar surface area (TPSA) is 67.4 Å². The van der Waals surface area contributed by atoms with E-state index < -0.39 is 5.92 Å². The number of benzene rings is 2. The summed E-state index contributed by atoms with van der Waals surface area (Å²) >= 11 is 3.53. The number of methoxy groups -OCH3 is 1. The molecule has 0 radical (unpaired) electrons. The Morgan fingerprint density at radius 1 is 1.17 bits per heavy atom. The minimum absolute atomic E-state index is 0.107. The lowest BCUT2D eigenvalue weighted by atomic mass is 9.75. The van der Waals surface area contributed by atoms with Gasteiger partial charge in [-0.05, 0) is 61.7 Å². The summed E-state index contributed by atoms with van der Waals surface area (Å²) in [5.41, 5.74) is 4.59. The van der Waals surface area contributed by atoms with Crippen LogP contribution in [0.25, 0.3) is 0 Å². The molecule has 2 aromatic rings. The second-order valence-corrected chi connectivity index (χ2v) is 8.42. The number of rotatable bonds is 4. The molecule has 1 amide bonds. The van der Waals surface area contributed by atoms with Crippen molar-refractivity contribution in [2.75, 3.05) is 12.4 Å². The molecule has 5 nitrogen and oxygen atoms in total. The number of nitrogens with one attached hydrogen (secondary N) is 2. The molecule has 0 bridgehead atoms. The highest BCUT2D eigenvalue weighted by Crippen LogP contribution is 2.42. The Balaban J connectivity index is 1.75. The Kier molecular flexibility index (Phi) is 5.77. The summed E-state index contributed by atoms with van der Waals surface area (Å²) < 4.78 is 6.10. The zero-order valence-electron chi connectivity index (χ0n) is 16.9. The molecule has 2 aromatic carbocycles. The highest BCUT2D eigenvalue weighted by atomic mass is 79.9. The third-order valence-corrected chi connectivity index (χ3v) is 6.04. The monoisotopic (exact) mass is 466 g/mol. The van der Waals surface area contributed by atoms with Gasteiger partial charge in [0, 0.05) is 45.0 Å². The van der Waals surface area contributed by atoms with Crippen LogP contribution in [0.3, 0.4) is 0 Å². The van der Waals surface area contributed by atoms with Gasteiger partial charge in [0.1, 0.15) is 5.75 Å². The lowest BCUT2D eigenvalue weighted by Crippen LogP contribution is -2.35. The summed E-state index contributed by atoms with van der Waals surface area (Å²) in [6, 6.07) is 15.0. The summed E-state index contributed by atoms with van der Waals surface area (Å²) in [5.74, 6) is 0.207. The van der Waals surface area contributed by atoms with Crippen molar-refractivity contribution in [3.8, 4) is 5.75 Å². The van der Waals surface area contributed by atoms with E-state index in [9.17, 15) is 9.59 Å². The Morgan fingerprint density at radius 2 is 1.93 bits per heavy atom. The Bertz CT molecular complexity index is 1070. The number of Topliss-reactive ketones (excluding diaryl/α,β-unsaturated/α-hetero) is 1. The SMILES string of the molecule is COc1ccc(NC(=O)C2=C(C)NC3=C(C(=O)CCC3)[C@@H]2c2cccc(Br)c2)cc1. The molecule has 4 rings (SSSR count). The number of hydrogen-bond acceptors (Lipinski definition) is 4. The first-order valence-electron chi connectivity index (χ1n) is 9.93. The summed E-state index contributed by atoms with van der Waals surface area (Å²) in [6.45, 7) is 1.90. The molecule has 30 heavy (non-hydrogen) atoms. The number of carbonyl (C=O) groups excluding carboxylic acids is 2. The van der Waals surface area contributed by atoms with Gasteiger partial charge in [-0.3, -0.25) is 9.59 Å². The van der Waals surface area contributed by atoms with E-state index in [4.69, 9.17) is 4.74 Å². The summed E-state index contributed by atoms with van der Waals surface area (Å²) in [5, 5.41) is 6.32. The highest BCUT2D eigenvalue weighted by Gasteiger charge is 2.38. The van der Waals surface area contributed by atoms with Crippen LogP contribution < -0.4 is 15.4 Å². The van der Waals surface area contributed by atoms with Crippen LogP contribution >= 0.6 is 15.9 Å². The van der Waals surface area contributed by atoms with Crippen LogP contribution in [0.5, 0.6) is 5.75 Å². The number of ketones is 1. The fourth-order valence-corrected chi connectivity index (χ4v) is 4.59. The minimum Gasteiger partial charge on any atom is -0.497 e. The van der Waals surface area contributed by atoms with Crippen molar-refractivity contribution >= 4 is 33.3 Å². The second kappa shape index (κ2) is 8.48. The quantitative estimate of drug-likeness (QED) is 0.660. The van der Waals surface area contributed by atoms with E-state index in [1.165, 1.54) is 0 Å². The average Bonchev–Trinajstić information content (AvgIpc) is 2.73.